The molecule has 0 unspecified atom stereocenters. The van der Waals surface area contributed by atoms with Crippen LogP contribution >= 0.6 is 34.8 Å². The molecule has 1 rings (SSSR count). The standard InChI is InChI=1S/C14H18Cl3NO3/c1-19-4-3-18-8-10-5-11(16)6-13(20-2)14(10)21-9-12(17)7-15/h5-7,18H,3-4,8-9H2,1-2H3/b12-7-. The SMILES string of the molecule is COCCNCc1cc(Cl)cc(OC)c1OC/C(Cl)=C/Cl. The van der Waals surface area contributed by atoms with Crippen LogP contribution < -0.4 is 14.8 Å². The third kappa shape index (κ3) is 6.32. The Kier molecular flexibility index (Phi) is 8.88. The number of benzene rings is 1. The first kappa shape index (κ1) is 18.4. The molecule has 1 N–H and O–H groups in total. The van der Waals surface area contributed by atoms with E-state index in [0.29, 0.717) is 41.3 Å². The van der Waals surface area contributed by atoms with Gasteiger partial charge >= 0.3 is 0 Å². The zero-order valence-electron chi connectivity index (χ0n) is 11.9. The van der Waals surface area contributed by atoms with Crippen LogP contribution in [0.1, 0.15) is 5.56 Å². The van der Waals surface area contributed by atoms with E-state index in [9.17, 15) is 0 Å². The van der Waals surface area contributed by atoms with Gasteiger partial charge in [-0.1, -0.05) is 34.8 Å². The largest absolute Gasteiger partial charge is 0.493 e. The molecule has 0 saturated heterocycles. The zero-order chi connectivity index (χ0) is 15.7. The van der Waals surface area contributed by atoms with Crippen LogP contribution in [0.2, 0.25) is 5.02 Å². The lowest BCUT2D eigenvalue weighted by Gasteiger charge is -2.16. The normalized spacial score (nSPS) is 11.6. The Bertz CT molecular complexity index is 481. The lowest BCUT2D eigenvalue weighted by molar-refractivity contribution is 0.199. The van der Waals surface area contributed by atoms with Crippen LogP contribution in [0.3, 0.4) is 0 Å². The van der Waals surface area contributed by atoms with Crippen molar-refractivity contribution in [1.29, 1.82) is 0 Å². The van der Waals surface area contributed by atoms with Gasteiger partial charge < -0.3 is 19.5 Å². The Morgan fingerprint density at radius 2 is 2.10 bits per heavy atom. The second kappa shape index (κ2) is 10.1. The van der Waals surface area contributed by atoms with Gasteiger partial charge in [0.2, 0.25) is 0 Å². The summed E-state index contributed by atoms with van der Waals surface area (Å²) in [6, 6.07) is 3.51. The number of hydrogen-bond donors (Lipinski definition) is 1. The number of halogens is 3. The summed E-state index contributed by atoms with van der Waals surface area (Å²) < 4.78 is 16.0. The molecule has 0 heterocycles. The first-order valence-electron chi connectivity index (χ1n) is 6.26. The monoisotopic (exact) mass is 353 g/mol. The summed E-state index contributed by atoms with van der Waals surface area (Å²) in [5.41, 5.74) is 2.13. The van der Waals surface area contributed by atoms with Crippen LogP contribution in [0.4, 0.5) is 0 Å². The highest BCUT2D eigenvalue weighted by molar-refractivity contribution is 6.36. The van der Waals surface area contributed by atoms with Gasteiger partial charge in [-0.15, -0.1) is 0 Å². The topological polar surface area (TPSA) is 39.7 Å². The van der Waals surface area contributed by atoms with E-state index in [0.717, 1.165) is 5.56 Å². The molecule has 0 radical (unpaired) electrons. The van der Waals surface area contributed by atoms with Gasteiger partial charge in [-0.05, 0) is 6.07 Å². The molecule has 0 spiro atoms. The lowest BCUT2D eigenvalue weighted by Crippen LogP contribution is -2.19. The van der Waals surface area contributed by atoms with Crippen molar-refractivity contribution in [3.63, 3.8) is 0 Å². The zero-order valence-corrected chi connectivity index (χ0v) is 14.2. The minimum absolute atomic E-state index is 0.161. The smallest absolute Gasteiger partial charge is 0.166 e. The van der Waals surface area contributed by atoms with Gasteiger partial charge in [-0.25, -0.2) is 0 Å². The molecule has 1 aromatic carbocycles. The molecule has 118 valence electrons. The first-order valence-corrected chi connectivity index (χ1v) is 7.45. The quantitative estimate of drug-likeness (QED) is 0.685. The Labute approximate surface area is 139 Å². The summed E-state index contributed by atoms with van der Waals surface area (Å²) in [7, 11) is 3.21. The van der Waals surface area contributed by atoms with Crippen molar-refractivity contribution in [2.24, 2.45) is 0 Å². The highest BCUT2D eigenvalue weighted by Gasteiger charge is 2.13. The van der Waals surface area contributed by atoms with Gasteiger partial charge in [0.1, 0.15) is 6.61 Å². The highest BCUT2D eigenvalue weighted by atomic mass is 35.5. The highest BCUT2D eigenvalue weighted by Crippen LogP contribution is 2.35. The van der Waals surface area contributed by atoms with Gasteiger partial charge in [0.25, 0.3) is 0 Å². The summed E-state index contributed by atoms with van der Waals surface area (Å²) in [6.07, 6.45) is 0. The molecule has 1 aromatic rings. The van der Waals surface area contributed by atoms with E-state index in [1.807, 2.05) is 6.07 Å². The fourth-order valence-electron chi connectivity index (χ4n) is 1.64. The van der Waals surface area contributed by atoms with E-state index in [1.165, 1.54) is 5.54 Å². The van der Waals surface area contributed by atoms with E-state index in [-0.39, 0.29) is 6.61 Å². The average Bonchev–Trinajstić information content (AvgIpc) is 2.49. The molecule has 4 nitrogen and oxygen atoms in total. The molecule has 0 aliphatic heterocycles. The second-order valence-electron chi connectivity index (χ2n) is 4.11. The molecular weight excluding hydrogens is 337 g/mol. The second-order valence-corrected chi connectivity index (χ2v) is 5.25. The number of ether oxygens (including phenoxy) is 3. The Morgan fingerprint density at radius 3 is 2.71 bits per heavy atom. The molecule has 0 bridgehead atoms. The Morgan fingerprint density at radius 1 is 1.33 bits per heavy atom. The van der Waals surface area contributed by atoms with Gasteiger partial charge in [0, 0.05) is 42.4 Å². The number of methoxy groups -OCH3 is 2. The fourth-order valence-corrected chi connectivity index (χ4v) is 1.99. The molecule has 21 heavy (non-hydrogen) atoms. The maximum absolute atomic E-state index is 6.08. The van der Waals surface area contributed by atoms with Crippen molar-refractivity contribution in [3.05, 3.63) is 33.3 Å². The van der Waals surface area contributed by atoms with Crippen LogP contribution in [-0.2, 0) is 11.3 Å². The number of nitrogens with one attached hydrogen (secondary N) is 1. The maximum Gasteiger partial charge on any atom is 0.166 e. The van der Waals surface area contributed by atoms with E-state index in [1.54, 1.807) is 20.3 Å². The molecule has 0 aromatic heterocycles. The molecule has 0 atom stereocenters. The van der Waals surface area contributed by atoms with Crippen molar-refractivity contribution in [3.8, 4) is 11.5 Å². The predicted octanol–water partition coefficient (Wildman–Crippen LogP) is 3.78. The van der Waals surface area contributed by atoms with Crippen molar-refractivity contribution in [1.82, 2.24) is 5.32 Å². The van der Waals surface area contributed by atoms with Crippen LogP contribution in [0.25, 0.3) is 0 Å². The van der Waals surface area contributed by atoms with E-state index in [2.05, 4.69) is 5.32 Å². The van der Waals surface area contributed by atoms with Crippen LogP contribution in [0.5, 0.6) is 11.5 Å². The molecule has 0 aliphatic rings. The van der Waals surface area contributed by atoms with Gasteiger partial charge in [0.05, 0.1) is 18.7 Å². The van der Waals surface area contributed by atoms with Crippen molar-refractivity contribution in [2.45, 2.75) is 6.54 Å². The third-order valence-electron chi connectivity index (χ3n) is 2.59. The molecule has 0 saturated carbocycles. The van der Waals surface area contributed by atoms with Crippen molar-refractivity contribution < 1.29 is 14.2 Å². The summed E-state index contributed by atoms with van der Waals surface area (Å²) in [4.78, 5) is 0. The summed E-state index contributed by atoms with van der Waals surface area (Å²) in [5, 5.41) is 4.20. The van der Waals surface area contributed by atoms with Gasteiger partial charge in [-0.2, -0.15) is 0 Å². The van der Waals surface area contributed by atoms with Crippen LogP contribution in [0.15, 0.2) is 22.7 Å². The molecule has 0 amide bonds. The molecule has 0 fully saturated rings. The predicted molar refractivity (Wildman–Crippen MR) is 86.9 cm³/mol. The van der Waals surface area contributed by atoms with Crippen LogP contribution in [-0.4, -0.2) is 34.0 Å². The van der Waals surface area contributed by atoms with E-state index in [4.69, 9.17) is 49.0 Å². The molecule has 7 heteroatoms. The minimum Gasteiger partial charge on any atom is -0.493 e. The van der Waals surface area contributed by atoms with E-state index >= 15 is 0 Å². The van der Waals surface area contributed by atoms with Gasteiger partial charge in [-0.3, -0.25) is 0 Å². The van der Waals surface area contributed by atoms with Crippen molar-refractivity contribution in [2.75, 3.05) is 34.0 Å². The first-order chi connectivity index (χ1) is 10.1. The minimum atomic E-state index is 0.161. The Hall–Kier alpha value is -0.650. The Balaban J connectivity index is 2.88. The maximum atomic E-state index is 6.08. The summed E-state index contributed by atoms with van der Waals surface area (Å²) in [6.45, 7) is 2.06. The molecular formula is C14H18Cl3NO3. The van der Waals surface area contributed by atoms with Crippen LogP contribution in [0, 0.1) is 0 Å². The summed E-state index contributed by atoms with van der Waals surface area (Å²) in [5.74, 6) is 1.13. The summed E-state index contributed by atoms with van der Waals surface area (Å²) >= 11 is 17.5. The number of rotatable bonds is 9. The van der Waals surface area contributed by atoms with Gasteiger partial charge in [0.15, 0.2) is 11.5 Å². The average molecular weight is 355 g/mol. The fraction of sp³-hybridized carbons (Fsp3) is 0.429. The lowest BCUT2D eigenvalue weighted by atomic mass is 10.2. The molecule has 0 aliphatic carbocycles. The van der Waals surface area contributed by atoms with E-state index < -0.39 is 0 Å². The van der Waals surface area contributed by atoms with Crippen molar-refractivity contribution >= 4 is 34.8 Å². The third-order valence-corrected chi connectivity index (χ3v) is 3.40. The number of hydrogen-bond acceptors (Lipinski definition) is 4.